The van der Waals surface area contributed by atoms with Gasteiger partial charge in [0.1, 0.15) is 0 Å². The van der Waals surface area contributed by atoms with Crippen LogP contribution in [0.25, 0.3) is 0 Å². The lowest BCUT2D eigenvalue weighted by atomic mass is 10.0. The first-order valence-corrected chi connectivity index (χ1v) is 6.81. The van der Waals surface area contributed by atoms with Gasteiger partial charge >= 0.3 is 0 Å². The Hall–Kier alpha value is -1.22. The lowest BCUT2D eigenvalue weighted by Crippen LogP contribution is -2.39. The molecule has 1 atom stereocenters. The maximum absolute atomic E-state index is 10.0. The Bertz CT molecular complexity index is 392. The third kappa shape index (κ3) is 2.96. The van der Waals surface area contributed by atoms with Crippen LogP contribution in [0.2, 0.25) is 0 Å². The molecule has 2 rings (SSSR count). The smallest absolute Gasteiger partial charge is 0.0789 e. The van der Waals surface area contributed by atoms with Gasteiger partial charge in [0.15, 0.2) is 0 Å². The van der Waals surface area contributed by atoms with Crippen molar-refractivity contribution in [2.24, 2.45) is 0 Å². The summed E-state index contributed by atoms with van der Waals surface area (Å²) >= 11 is 0. The van der Waals surface area contributed by atoms with Crippen LogP contribution in [-0.2, 0) is 0 Å². The molecule has 1 aliphatic rings. The molecule has 0 radical (unpaired) electrons. The van der Waals surface area contributed by atoms with Crippen molar-refractivity contribution in [2.75, 3.05) is 23.3 Å². The Kier molecular flexibility index (Phi) is 3.81. The summed E-state index contributed by atoms with van der Waals surface area (Å²) in [5.74, 6) is 0. The highest BCUT2D eigenvalue weighted by Crippen LogP contribution is 2.30. The monoisotopic (exact) mass is 248 g/mol. The zero-order chi connectivity index (χ0) is 13.2. The van der Waals surface area contributed by atoms with Crippen LogP contribution >= 0.6 is 0 Å². The van der Waals surface area contributed by atoms with Gasteiger partial charge in [0.05, 0.1) is 23.0 Å². The molecule has 0 bridgehead atoms. The molecule has 1 aromatic carbocycles. The van der Waals surface area contributed by atoms with E-state index in [1.807, 2.05) is 26.8 Å². The van der Waals surface area contributed by atoms with Crippen molar-refractivity contribution in [1.29, 1.82) is 0 Å². The molecule has 0 spiro atoms. The van der Waals surface area contributed by atoms with E-state index in [1.165, 1.54) is 18.5 Å². The molecule has 0 saturated carbocycles. The second-order valence-electron chi connectivity index (χ2n) is 5.73. The van der Waals surface area contributed by atoms with E-state index >= 15 is 0 Å². The maximum atomic E-state index is 10.0. The average molecular weight is 248 g/mol. The Morgan fingerprint density at radius 1 is 1.22 bits per heavy atom. The van der Waals surface area contributed by atoms with Crippen molar-refractivity contribution < 1.29 is 5.11 Å². The minimum Gasteiger partial charge on any atom is -0.388 e. The SMILES string of the molecule is CC(Nc1ccccc1N1CCCC1)C(C)(C)O. The normalized spacial score (nSPS) is 17.9. The third-order valence-corrected chi connectivity index (χ3v) is 3.78. The molecule has 3 heteroatoms. The van der Waals surface area contributed by atoms with Crippen LogP contribution in [0.15, 0.2) is 24.3 Å². The van der Waals surface area contributed by atoms with E-state index in [0.29, 0.717) is 0 Å². The number of anilines is 2. The van der Waals surface area contributed by atoms with Gasteiger partial charge in [0.25, 0.3) is 0 Å². The number of nitrogens with zero attached hydrogens (tertiary/aromatic N) is 1. The first kappa shape index (κ1) is 13.2. The number of aliphatic hydroxyl groups is 1. The van der Waals surface area contributed by atoms with E-state index in [4.69, 9.17) is 0 Å². The molecule has 1 saturated heterocycles. The summed E-state index contributed by atoms with van der Waals surface area (Å²) in [7, 11) is 0. The Labute approximate surface area is 110 Å². The molecule has 1 aromatic rings. The topological polar surface area (TPSA) is 35.5 Å². The predicted molar refractivity (Wildman–Crippen MR) is 77.3 cm³/mol. The highest BCUT2D eigenvalue weighted by Gasteiger charge is 2.23. The standard InChI is InChI=1S/C15H24N2O/c1-12(15(2,3)18)16-13-8-4-5-9-14(13)17-10-6-7-11-17/h4-5,8-9,12,16,18H,6-7,10-11H2,1-3H3. The van der Waals surface area contributed by atoms with Crippen LogP contribution in [0.3, 0.4) is 0 Å². The van der Waals surface area contributed by atoms with Crippen LogP contribution in [0.4, 0.5) is 11.4 Å². The molecule has 18 heavy (non-hydrogen) atoms. The van der Waals surface area contributed by atoms with Crippen molar-refractivity contribution in [3.63, 3.8) is 0 Å². The highest BCUT2D eigenvalue weighted by atomic mass is 16.3. The second-order valence-corrected chi connectivity index (χ2v) is 5.73. The summed E-state index contributed by atoms with van der Waals surface area (Å²) in [5, 5.41) is 13.5. The van der Waals surface area contributed by atoms with E-state index in [-0.39, 0.29) is 6.04 Å². The van der Waals surface area contributed by atoms with Gasteiger partial charge < -0.3 is 15.3 Å². The second kappa shape index (κ2) is 5.19. The molecule has 0 aromatic heterocycles. The molecule has 100 valence electrons. The molecular formula is C15H24N2O. The fourth-order valence-electron chi connectivity index (χ4n) is 2.24. The number of para-hydroxylation sites is 2. The first-order valence-electron chi connectivity index (χ1n) is 6.81. The quantitative estimate of drug-likeness (QED) is 0.860. The van der Waals surface area contributed by atoms with E-state index in [9.17, 15) is 5.11 Å². The van der Waals surface area contributed by atoms with E-state index in [1.54, 1.807) is 0 Å². The molecular weight excluding hydrogens is 224 g/mol. The van der Waals surface area contributed by atoms with E-state index < -0.39 is 5.60 Å². The van der Waals surface area contributed by atoms with Crippen molar-refractivity contribution in [2.45, 2.75) is 45.3 Å². The number of hydrogen-bond acceptors (Lipinski definition) is 3. The molecule has 1 unspecified atom stereocenters. The van der Waals surface area contributed by atoms with Crippen LogP contribution in [0.1, 0.15) is 33.6 Å². The molecule has 0 aliphatic carbocycles. The third-order valence-electron chi connectivity index (χ3n) is 3.78. The number of hydrogen-bond donors (Lipinski definition) is 2. The van der Waals surface area contributed by atoms with Crippen LogP contribution in [0.5, 0.6) is 0 Å². The van der Waals surface area contributed by atoms with Crippen LogP contribution < -0.4 is 10.2 Å². The zero-order valence-electron chi connectivity index (χ0n) is 11.6. The van der Waals surface area contributed by atoms with Gasteiger partial charge in [0, 0.05) is 13.1 Å². The summed E-state index contributed by atoms with van der Waals surface area (Å²) in [5.41, 5.74) is 1.65. The largest absolute Gasteiger partial charge is 0.388 e. The number of rotatable bonds is 4. The predicted octanol–water partition coefficient (Wildman–Crippen LogP) is 2.86. The van der Waals surface area contributed by atoms with Crippen molar-refractivity contribution in [3.8, 4) is 0 Å². The first-order chi connectivity index (χ1) is 8.48. The van der Waals surface area contributed by atoms with Gasteiger partial charge in [0.2, 0.25) is 0 Å². The Balaban J connectivity index is 2.17. The minimum atomic E-state index is -0.724. The Morgan fingerprint density at radius 3 is 2.44 bits per heavy atom. The Morgan fingerprint density at radius 2 is 1.83 bits per heavy atom. The van der Waals surface area contributed by atoms with E-state index in [0.717, 1.165) is 18.8 Å². The lowest BCUT2D eigenvalue weighted by molar-refractivity contribution is 0.0649. The van der Waals surface area contributed by atoms with Crippen molar-refractivity contribution in [3.05, 3.63) is 24.3 Å². The molecule has 1 heterocycles. The fourth-order valence-corrected chi connectivity index (χ4v) is 2.24. The molecule has 1 aliphatic heterocycles. The summed E-state index contributed by atoms with van der Waals surface area (Å²) < 4.78 is 0. The zero-order valence-corrected chi connectivity index (χ0v) is 11.6. The van der Waals surface area contributed by atoms with Crippen molar-refractivity contribution >= 4 is 11.4 Å². The van der Waals surface area contributed by atoms with Gasteiger partial charge in [-0.15, -0.1) is 0 Å². The molecule has 3 nitrogen and oxygen atoms in total. The molecule has 1 fully saturated rings. The van der Waals surface area contributed by atoms with E-state index in [2.05, 4.69) is 28.4 Å². The molecule has 0 amide bonds. The minimum absolute atomic E-state index is 0.0150. The van der Waals surface area contributed by atoms with Crippen LogP contribution in [0, 0.1) is 0 Å². The molecule has 2 N–H and O–H groups in total. The summed E-state index contributed by atoms with van der Waals surface area (Å²) in [6, 6.07) is 8.38. The summed E-state index contributed by atoms with van der Waals surface area (Å²) in [6.45, 7) is 7.96. The van der Waals surface area contributed by atoms with Gasteiger partial charge in [-0.25, -0.2) is 0 Å². The fraction of sp³-hybridized carbons (Fsp3) is 0.600. The van der Waals surface area contributed by atoms with Crippen LogP contribution in [-0.4, -0.2) is 29.8 Å². The van der Waals surface area contributed by atoms with Gasteiger partial charge in [-0.1, -0.05) is 12.1 Å². The maximum Gasteiger partial charge on any atom is 0.0789 e. The van der Waals surface area contributed by atoms with Gasteiger partial charge in [-0.05, 0) is 45.7 Å². The summed E-state index contributed by atoms with van der Waals surface area (Å²) in [4.78, 5) is 2.42. The van der Waals surface area contributed by atoms with Crippen molar-refractivity contribution in [1.82, 2.24) is 0 Å². The van der Waals surface area contributed by atoms with Gasteiger partial charge in [-0.2, -0.15) is 0 Å². The van der Waals surface area contributed by atoms with Gasteiger partial charge in [-0.3, -0.25) is 0 Å². The number of nitrogens with one attached hydrogen (secondary N) is 1. The average Bonchev–Trinajstić information content (AvgIpc) is 2.82. The highest BCUT2D eigenvalue weighted by molar-refractivity contribution is 5.70. The lowest BCUT2D eigenvalue weighted by Gasteiger charge is -2.30. The summed E-state index contributed by atoms with van der Waals surface area (Å²) in [6.07, 6.45) is 2.55. The number of benzene rings is 1.